The lowest BCUT2D eigenvalue weighted by molar-refractivity contribution is 0.0308. The molecule has 18 heavy (non-hydrogen) atoms. The molecule has 0 atom stereocenters. The summed E-state index contributed by atoms with van der Waals surface area (Å²) >= 11 is 0. The van der Waals surface area contributed by atoms with E-state index < -0.39 is 0 Å². The van der Waals surface area contributed by atoms with Gasteiger partial charge in [-0.05, 0) is 52.6 Å². The highest BCUT2D eigenvalue weighted by Gasteiger charge is 2.41. The Morgan fingerprint density at radius 3 is 2.11 bits per heavy atom. The molecule has 104 valence electrons. The van der Waals surface area contributed by atoms with Gasteiger partial charge in [-0.15, -0.1) is 0 Å². The predicted molar refractivity (Wildman–Crippen MR) is 73.7 cm³/mol. The average molecular weight is 253 g/mol. The van der Waals surface area contributed by atoms with Gasteiger partial charge in [-0.3, -0.25) is 0 Å². The number of urea groups is 1. The molecule has 0 N–H and O–H groups in total. The van der Waals surface area contributed by atoms with E-state index >= 15 is 0 Å². The van der Waals surface area contributed by atoms with Gasteiger partial charge in [-0.2, -0.15) is 0 Å². The van der Waals surface area contributed by atoms with Crippen LogP contribution < -0.4 is 0 Å². The van der Waals surface area contributed by atoms with Crippen LogP contribution in [0.1, 0.15) is 38.5 Å². The molecule has 0 unspecified atom stereocenters. The van der Waals surface area contributed by atoms with E-state index in [1.54, 1.807) is 0 Å². The van der Waals surface area contributed by atoms with Crippen molar-refractivity contribution in [2.24, 2.45) is 0 Å². The molecule has 1 heterocycles. The molecule has 0 aromatic heterocycles. The first-order valence-electron chi connectivity index (χ1n) is 7.23. The van der Waals surface area contributed by atoms with Gasteiger partial charge in [0.25, 0.3) is 0 Å². The minimum absolute atomic E-state index is 0.225. The number of amides is 2. The maximum absolute atomic E-state index is 12.4. The van der Waals surface area contributed by atoms with E-state index in [9.17, 15) is 4.79 Å². The van der Waals surface area contributed by atoms with Crippen LogP contribution in [-0.4, -0.2) is 67.0 Å². The van der Waals surface area contributed by atoms with Crippen LogP contribution in [0, 0.1) is 0 Å². The molecule has 2 fully saturated rings. The van der Waals surface area contributed by atoms with Crippen LogP contribution in [0.5, 0.6) is 0 Å². The van der Waals surface area contributed by atoms with Crippen molar-refractivity contribution in [3.63, 3.8) is 0 Å². The van der Waals surface area contributed by atoms with Crippen molar-refractivity contribution in [2.75, 3.05) is 40.8 Å². The van der Waals surface area contributed by atoms with E-state index in [1.807, 2.05) is 16.8 Å². The zero-order valence-electron chi connectivity index (χ0n) is 12.1. The average Bonchev–Trinajstić information content (AvgIpc) is 2.33. The van der Waals surface area contributed by atoms with Gasteiger partial charge in [0.2, 0.25) is 0 Å². The molecule has 4 heteroatoms. The summed E-state index contributed by atoms with van der Waals surface area (Å²) < 4.78 is 0. The minimum Gasteiger partial charge on any atom is -0.326 e. The number of likely N-dealkylation sites (tertiary alicyclic amines) is 1. The van der Waals surface area contributed by atoms with E-state index in [0.717, 1.165) is 19.6 Å². The highest BCUT2D eigenvalue weighted by molar-refractivity contribution is 5.74. The van der Waals surface area contributed by atoms with Crippen LogP contribution in [0.4, 0.5) is 4.79 Å². The van der Waals surface area contributed by atoms with Crippen LogP contribution in [0.15, 0.2) is 0 Å². The summed E-state index contributed by atoms with van der Waals surface area (Å²) in [7, 11) is 6.23. The van der Waals surface area contributed by atoms with Crippen molar-refractivity contribution in [1.82, 2.24) is 14.7 Å². The smallest absolute Gasteiger partial charge is 0.319 e. The van der Waals surface area contributed by atoms with Gasteiger partial charge < -0.3 is 14.7 Å². The summed E-state index contributed by atoms with van der Waals surface area (Å²) in [6.45, 7) is 2.76. The fourth-order valence-corrected chi connectivity index (χ4v) is 3.17. The third-order valence-electron chi connectivity index (χ3n) is 4.72. The molecule has 4 nitrogen and oxygen atoms in total. The Kier molecular flexibility index (Phi) is 4.15. The fraction of sp³-hybridized carbons (Fsp3) is 0.929. The summed E-state index contributed by atoms with van der Waals surface area (Å²) in [4.78, 5) is 18.6. The summed E-state index contributed by atoms with van der Waals surface area (Å²) in [5.74, 6) is 0. The summed E-state index contributed by atoms with van der Waals surface area (Å²) in [6, 6.07) is 0.225. The SMILES string of the molecule is CN(CC1(N(C)C)CCC1)C(=O)N1CCCCC1. The predicted octanol–water partition coefficient (Wildman–Crippen LogP) is 2.01. The second-order valence-corrected chi connectivity index (χ2v) is 6.16. The molecule has 2 aliphatic rings. The maximum Gasteiger partial charge on any atom is 0.319 e. The summed E-state index contributed by atoms with van der Waals surface area (Å²) in [5.41, 5.74) is 0.236. The number of rotatable bonds is 3. The Bertz CT molecular complexity index is 293. The van der Waals surface area contributed by atoms with Crippen LogP contribution in [0.25, 0.3) is 0 Å². The molecule has 1 aliphatic heterocycles. The third-order valence-corrected chi connectivity index (χ3v) is 4.72. The zero-order chi connectivity index (χ0) is 13.2. The Morgan fingerprint density at radius 2 is 1.67 bits per heavy atom. The second-order valence-electron chi connectivity index (χ2n) is 6.16. The first kappa shape index (κ1) is 13.7. The first-order valence-corrected chi connectivity index (χ1v) is 7.23. The Labute approximate surface area is 111 Å². The Morgan fingerprint density at radius 1 is 1.06 bits per heavy atom. The van der Waals surface area contributed by atoms with Crippen molar-refractivity contribution >= 4 is 6.03 Å². The van der Waals surface area contributed by atoms with E-state index in [1.165, 1.54) is 38.5 Å². The molecular weight excluding hydrogens is 226 g/mol. The third kappa shape index (κ3) is 2.63. The lowest BCUT2D eigenvalue weighted by Gasteiger charge is -2.49. The highest BCUT2D eigenvalue weighted by atomic mass is 16.2. The van der Waals surface area contributed by atoms with Crippen LogP contribution in [-0.2, 0) is 0 Å². The molecule has 1 aliphatic carbocycles. The number of piperidine rings is 1. The number of carbonyl (C=O) groups is 1. The number of hydrogen-bond acceptors (Lipinski definition) is 2. The Balaban J connectivity index is 1.90. The van der Waals surface area contributed by atoms with Gasteiger partial charge in [0.05, 0.1) is 0 Å². The number of nitrogens with zero attached hydrogens (tertiary/aromatic N) is 3. The van der Waals surface area contributed by atoms with Crippen LogP contribution >= 0.6 is 0 Å². The van der Waals surface area contributed by atoms with Crippen molar-refractivity contribution in [1.29, 1.82) is 0 Å². The van der Waals surface area contributed by atoms with Gasteiger partial charge in [0, 0.05) is 32.2 Å². The van der Waals surface area contributed by atoms with Gasteiger partial charge in [-0.25, -0.2) is 4.79 Å². The minimum atomic E-state index is 0.225. The molecule has 1 saturated heterocycles. The molecule has 0 bridgehead atoms. The number of likely N-dealkylation sites (N-methyl/N-ethyl adjacent to an activating group) is 2. The van der Waals surface area contributed by atoms with E-state index in [-0.39, 0.29) is 11.6 Å². The normalized spacial score (nSPS) is 22.8. The van der Waals surface area contributed by atoms with Gasteiger partial charge in [-0.1, -0.05) is 0 Å². The second kappa shape index (κ2) is 5.47. The lowest BCUT2D eigenvalue weighted by atomic mass is 9.75. The van der Waals surface area contributed by atoms with E-state index in [0.29, 0.717) is 0 Å². The molecule has 0 spiro atoms. The van der Waals surface area contributed by atoms with Gasteiger partial charge in [0.15, 0.2) is 0 Å². The molecule has 2 amide bonds. The molecule has 1 saturated carbocycles. The standard InChI is InChI=1S/C14H27N3O/c1-15(2)14(8-7-9-14)12-16(3)13(18)17-10-5-4-6-11-17/h4-12H2,1-3H3. The fourth-order valence-electron chi connectivity index (χ4n) is 3.17. The van der Waals surface area contributed by atoms with Gasteiger partial charge in [0.1, 0.15) is 0 Å². The monoisotopic (exact) mass is 253 g/mol. The van der Waals surface area contributed by atoms with Crippen molar-refractivity contribution in [3.8, 4) is 0 Å². The quantitative estimate of drug-likeness (QED) is 0.769. The molecule has 0 aromatic rings. The van der Waals surface area contributed by atoms with E-state index in [2.05, 4.69) is 19.0 Å². The Hall–Kier alpha value is -0.770. The molecule has 2 rings (SSSR count). The number of hydrogen-bond donors (Lipinski definition) is 0. The summed E-state index contributed by atoms with van der Waals surface area (Å²) in [5, 5.41) is 0. The molecule has 0 radical (unpaired) electrons. The molecular formula is C14H27N3O. The topological polar surface area (TPSA) is 26.8 Å². The van der Waals surface area contributed by atoms with Crippen LogP contribution in [0.3, 0.4) is 0 Å². The summed E-state index contributed by atoms with van der Waals surface area (Å²) in [6.07, 6.45) is 7.34. The maximum atomic E-state index is 12.4. The molecule has 0 aromatic carbocycles. The van der Waals surface area contributed by atoms with E-state index in [4.69, 9.17) is 0 Å². The number of carbonyl (C=O) groups excluding carboxylic acids is 1. The van der Waals surface area contributed by atoms with Crippen LogP contribution in [0.2, 0.25) is 0 Å². The largest absolute Gasteiger partial charge is 0.326 e. The lowest BCUT2D eigenvalue weighted by Crippen LogP contribution is -2.59. The van der Waals surface area contributed by atoms with Crippen molar-refractivity contribution < 1.29 is 4.79 Å². The van der Waals surface area contributed by atoms with Crippen molar-refractivity contribution in [2.45, 2.75) is 44.1 Å². The highest BCUT2D eigenvalue weighted by Crippen LogP contribution is 2.36. The first-order chi connectivity index (χ1) is 8.55. The van der Waals surface area contributed by atoms with Crippen molar-refractivity contribution in [3.05, 3.63) is 0 Å². The van der Waals surface area contributed by atoms with Gasteiger partial charge >= 0.3 is 6.03 Å². The zero-order valence-corrected chi connectivity index (χ0v) is 12.1.